The van der Waals surface area contributed by atoms with Crippen LogP contribution >= 0.6 is 0 Å². The van der Waals surface area contributed by atoms with Crippen LogP contribution in [-0.2, 0) is 22.8 Å². The van der Waals surface area contributed by atoms with Gasteiger partial charge >= 0.3 is 0 Å². The summed E-state index contributed by atoms with van der Waals surface area (Å²) in [4.78, 5) is 0. The first-order chi connectivity index (χ1) is 10.0. The van der Waals surface area contributed by atoms with Crippen molar-refractivity contribution in [3.05, 3.63) is 47.7 Å². The molecule has 1 aromatic heterocycles. The number of benzene rings is 1. The van der Waals surface area contributed by atoms with E-state index >= 15 is 0 Å². The molecule has 0 bridgehead atoms. The van der Waals surface area contributed by atoms with Gasteiger partial charge in [-0.2, -0.15) is 5.10 Å². The summed E-state index contributed by atoms with van der Waals surface area (Å²) in [5, 5.41) is 4.41. The fourth-order valence-electron chi connectivity index (χ4n) is 2.48. The Morgan fingerprint density at radius 1 is 1.29 bits per heavy atom. The third kappa shape index (κ3) is 3.26. The molecule has 0 atom stereocenters. The number of nitrogens with one attached hydrogen (secondary N) is 1. The van der Waals surface area contributed by atoms with Crippen molar-refractivity contribution in [3.63, 3.8) is 0 Å². The molecule has 0 amide bonds. The van der Waals surface area contributed by atoms with Crippen LogP contribution in [0, 0.1) is 0 Å². The number of sulfonamides is 1. The summed E-state index contributed by atoms with van der Waals surface area (Å²) in [5.41, 5.74) is 1.76. The summed E-state index contributed by atoms with van der Waals surface area (Å²) in [7, 11) is -1.66. The predicted molar refractivity (Wildman–Crippen MR) is 82.5 cm³/mol. The summed E-state index contributed by atoms with van der Waals surface area (Å²) in [6.45, 7) is 0. The zero-order valence-corrected chi connectivity index (χ0v) is 12.8. The molecule has 0 unspecified atom stereocenters. The van der Waals surface area contributed by atoms with Gasteiger partial charge in [0.2, 0.25) is 10.0 Å². The quantitative estimate of drug-likeness (QED) is 0.923. The van der Waals surface area contributed by atoms with Crippen molar-refractivity contribution in [2.75, 3.05) is 4.72 Å². The number of anilines is 1. The smallest absolute Gasteiger partial charge is 0.238 e. The first-order valence-corrected chi connectivity index (χ1v) is 8.77. The zero-order chi connectivity index (χ0) is 14.9. The monoisotopic (exact) mass is 305 g/mol. The maximum absolute atomic E-state index is 12.2. The lowest BCUT2D eigenvalue weighted by molar-refractivity contribution is 0.408. The second kappa shape index (κ2) is 5.52. The molecule has 2 aromatic rings. The van der Waals surface area contributed by atoms with Crippen LogP contribution in [0.4, 0.5) is 5.82 Å². The van der Waals surface area contributed by atoms with Gasteiger partial charge in [-0.1, -0.05) is 36.8 Å². The fraction of sp³-hybridized carbons (Fsp3) is 0.400. The van der Waals surface area contributed by atoms with Crippen LogP contribution in [0.1, 0.15) is 36.4 Å². The third-order valence-electron chi connectivity index (χ3n) is 3.88. The standard InChI is InChI=1S/C15H19N3O2S/c1-18-15(10-14(16-18)13-8-5-9-13)17-21(19,20)11-12-6-3-2-4-7-12/h2-4,6-7,10,13,17H,5,8-9,11H2,1H3. The molecule has 1 aliphatic rings. The van der Waals surface area contributed by atoms with Gasteiger partial charge in [0.25, 0.3) is 0 Å². The Hall–Kier alpha value is -1.82. The van der Waals surface area contributed by atoms with Crippen molar-refractivity contribution in [1.82, 2.24) is 9.78 Å². The van der Waals surface area contributed by atoms with E-state index in [-0.39, 0.29) is 5.75 Å². The molecule has 21 heavy (non-hydrogen) atoms. The van der Waals surface area contributed by atoms with Crippen molar-refractivity contribution < 1.29 is 8.42 Å². The van der Waals surface area contributed by atoms with Gasteiger partial charge in [0, 0.05) is 19.0 Å². The average Bonchev–Trinajstić information content (AvgIpc) is 2.68. The Morgan fingerprint density at radius 2 is 2.00 bits per heavy atom. The summed E-state index contributed by atoms with van der Waals surface area (Å²) < 4.78 is 28.7. The highest BCUT2D eigenvalue weighted by atomic mass is 32.2. The molecule has 0 aliphatic heterocycles. The van der Waals surface area contributed by atoms with Crippen LogP contribution < -0.4 is 4.72 Å². The van der Waals surface area contributed by atoms with Crippen molar-refractivity contribution >= 4 is 15.8 Å². The number of hydrogen-bond donors (Lipinski definition) is 1. The molecule has 1 N–H and O–H groups in total. The van der Waals surface area contributed by atoms with Crippen LogP contribution in [-0.4, -0.2) is 18.2 Å². The van der Waals surface area contributed by atoms with E-state index < -0.39 is 10.0 Å². The lowest BCUT2D eigenvalue weighted by Crippen LogP contribution is -2.17. The van der Waals surface area contributed by atoms with Crippen molar-refractivity contribution in [1.29, 1.82) is 0 Å². The Labute approximate surface area is 125 Å². The molecule has 3 rings (SSSR count). The van der Waals surface area contributed by atoms with E-state index in [2.05, 4.69) is 9.82 Å². The lowest BCUT2D eigenvalue weighted by Gasteiger charge is -2.22. The minimum Gasteiger partial charge on any atom is -0.267 e. The van der Waals surface area contributed by atoms with E-state index in [1.807, 2.05) is 36.4 Å². The topological polar surface area (TPSA) is 64.0 Å². The van der Waals surface area contributed by atoms with Crippen LogP contribution in [0.5, 0.6) is 0 Å². The van der Waals surface area contributed by atoms with E-state index in [9.17, 15) is 8.42 Å². The second-order valence-electron chi connectivity index (χ2n) is 5.55. The maximum atomic E-state index is 12.2. The summed E-state index contributed by atoms with van der Waals surface area (Å²) in [6, 6.07) is 11.0. The van der Waals surface area contributed by atoms with Crippen LogP contribution in [0.3, 0.4) is 0 Å². The number of nitrogens with zero attached hydrogens (tertiary/aromatic N) is 2. The normalized spacial score (nSPS) is 15.7. The highest BCUT2D eigenvalue weighted by molar-refractivity contribution is 7.91. The average molecular weight is 305 g/mol. The molecule has 112 valence electrons. The molecule has 1 fully saturated rings. The summed E-state index contributed by atoms with van der Waals surface area (Å²) in [6.07, 6.45) is 3.52. The molecule has 0 radical (unpaired) electrons. The number of hydrogen-bond acceptors (Lipinski definition) is 3. The molecular formula is C15H19N3O2S. The molecular weight excluding hydrogens is 286 g/mol. The van der Waals surface area contributed by atoms with E-state index in [1.54, 1.807) is 11.7 Å². The third-order valence-corrected chi connectivity index (χ3v) is 5.12. The van der Waals surface area contributed by atoms with Gasteiger partial charge in [-0.15, -0.1) is 0 Å². The maximum Gasteiger partial charge on any atom is 0.238 e. The van der Waals surface area contributed by atoms with Gasteiger partial charge in [0.1, 0.15) is 5.82 Å². The van der Waals surface area contributed by atoms with Crippen LogP contribution in [0.15, 0.2) is 36.4 Å². The van der Waals surface area contributed by atoms with E-state index in [4.69, 9.17) is 0 Å². The summed E-state index contributed by atoms with van der Waals surface area (Å²) >= 11 is 0. The number of rotatable bonds is 5. The molecule has 1 saturated carbocycles. The Balaban J connectivity index is 1.74. The van der Waals surface area contributed by atoms with Crippen LogP contribution in [0.2, 0.25) is 0 Å². The van der Waals surface area contributed by atoms with Crippen LogP contribution in [0.25, 0.3) is 0 Å². The largest absolute Gasteiger partial charge is 0.267 e. The molecule has 6 heteroatoms. The molecule has 5 nitrogen and oxygen atoms in total. The highest BCUT2D eigenvalue weighted by Crippen LogP contribution is 2.36. The second-order valence-corrected chi connectivity index (χ2v) is 7.27. The predicted octanol–water partition coefficient (Wildman–Crippen LogP) is 2.63. The van der Waals surface area contributed by atoms with Crippen molar-refractivity contribution in [3.8, 4) is 0 Å². The molecule has 0 saturated heterocycles. The summed E-state index contributed by atoms with van der Waals surface area (Å²) in [5.74, 6) is 0.994. The van der Waals surface area contributed by atoms with E-state index in [1.165, 1.54) is 6.42 Å². The minimum absolute atomic E-state index is 0.0300. The molecule has 0 spiro atoms. The first-order valence-electron chi connectivity index (χ1n) is 7.12. The van der Waals surface area contributed by atoms with Gasteiger partial charge in [0.05, 0.1) is 11.4 Å². The Morgan fingerprint density at radius 3 is 2.62 bits per heavy atom. The number of aryl methyl sites for hydroxylation is 1. The molecule has 1 aromatic carbocycles. The van der Waals surface area contributed by atoms with Gasteiger partial charge in [0.15, 0.2) is 0 Å². The van der Waals surface area contributed by atoms with Gasteiger partial charge in [-0.3, -0.25) is 9.40 Å². The Kier molecular flexibility index (Phi) is 3.71. The number of aromatic nitrogens is 2. The van der Waals surface area contributed by atoms with E-state index in [0.29, 0.717) is 11.7 Å². The lowest BCUT2D eigenvalue weighted by atomic mass is 9.83. The highest BCUT2D eigenvalue weighted by Gasteiger charge is 2.24. The van der Waals surface area contributed by atoms with Crippen molar-refractivity contribution in [2.45, 2.75) is 30.9 Å². The molecule has 1 aliphatic carbocycles. The van der Waals surface area contributed by atoms with Crippen molar-refractivity contribution in [2.24, 2.45) is 7.05 Å². The molecule has 1 heterocycles. The van der Waals surface area contributed by atoms with Gasteiger partial charge in [-0.25, -0.2) is 8.42 Å². The fourth-order valence-corrected chi connectivity index (χ4v) is 3.69. The van der Waals surface area contributed by atoms with E-state index in [0.717, 1.165) is 24.1 Å². The minimum atomic E-state index is -3.42. The first kappa shape index (κ1) is 14.1. The van der Waals surface area contributed by atoms with Gasteiger partial charge in [-0.05, 0) is 18.4 Å². The zero-order valence-electron chi connectivity index (χ0n) is 12.0. The van der Waals surface area contributed by atoms with Gasteiger partial charge < -0.3 is 0 Å². The Bertz CT molecular complexity index is 719. The SMILES string of the molecule is Cn1nc(C2CCC2)cc1NS(=O)(=O)Cc1ccccc1.